The number of fused-ring (bicyclic) bond motifs is 4. The lowest BCUT2D eigenvalue weighted by atomic mass is 9.94. The highest BCUT2D eigenvalue weighted by molar-refractivity contribution is 7.07. The maximum absolute atomic E-state index is 12.8. The Hall–Kier alpha value is -1.80. The van der Waals surface area contributed by atoms with Crippen molar-refractivity contribution in [1.82, 2.24) is 29.5 Å². The van der Waals surface area contributed by atoms with Crippen molar-refractivity contribution in [3.63, 3.8) is 0 Å². The summed E-state index contributed by atoms with van der Waals surface area (Å²) in [5.41, 5.74) is 2.83. The minimum absolute atomic E-state index is 0.0942. The van der Waals surface area contributed by atoms with Gasteiger partial charge in [0, 0.05) is 31.6 Å². The highest BCUT2D eigenvalue weighted by atomic mass is 32.1. The maximum Gasteiger partial charge on any atom is 0.227 e. The molecule has 2 atom stereocenters. The summed E-state index contributed by atoms with van der Waals surface area (Å²) in [7, 11) is 1.93. The number of carbonyl (C=O) groups excluding carboxylic acids is 1. The van der Waals surface area contributed by atoms with Gasteiger partial charge in [-0.1, -0.05) is 0 Å². The largest absolute Gasteiger partial charge is 0.332 e. The highest BCUT2D eigenvalue weighted by Crippen LogP contribution is 2.30. The summed E-state index contributed by atoms with van der Waals surface area (Å²) >= 11 is 1.58. The zero-order valence-electron chi connectivity index (χ0n) is 14.1. The molecule has 0 N–H and O–H groups in total. The molecule has 24 heavy (non-hydrogen) atoms. The molecule has 2 aromatic heterocycles. The quantitative estimate of drug-likeness (QED) is 0.832. The summed E-state index contributed by atoms with van der Waals surface area (Å²) in [6, 6.07) is 0.271. The first-order chi connectivity index (χ1) is 11.6. The molecule has 3 saturated heterocycles. The van der Waals surface area contributed by atoms with Gasteiger partial charge in [-0.25, -0.2) is 9.97 Å². The number of thiazole rings is 1. The third-order valence-corrected chi connectivity index (χ3v) is 5.64. The van der Waals surface area contributed by atoms with Crippen molar-refractivity contribution in [3.05, 3.63) is 28.2 Å². The molecule has 0 saturated carbocycles. The molecule has 0 aliphatic carbocycles. The molecular formula is C16H22N6OS. The summed E-state index contributed by atoms with van der Waals surface area (Å²) in [4.78, 5) is 26.1. The van der Waals surface area contributed by atoms with Gasteiger partial charge in [0.25, 0.3) is 0 Å². The first-order valence-corrected chi connectivity index (χ1v) is 9.31. The van der Waals surface area contributed by atoms with Crippen molar-refractivity contribution in [1.29, 1.82) is 0 Å². The Bertz CT molecular complexity index is 727. The van der Waals surface area contributed by atoms with Crippen molar-refractivity contribution < 1.29 is 4.79 Å². The van der Waals surface area contributed by atoms with Gasteiger partial charge in [0.05, 0.1) is 30.2 Å². The van der Waals surface area contributed by atoms with Gasteiger partial charge in [0.1, 0.15) is 11.6 Å². The lowest BCUT2D eigenvalue weighted by molar-refractivity contribution is -0.140. The molecule has 0 spiro atoms. The van der Waals surface area contributed by atoms with Gasteiger partial charge in [-0.3, -0.25) is 14.4 Å². The fourth-order valence-electron chi connectivity index (χ4n) is 3.85. The normalized spacial score (nSPS) is 24.6. The Morgan fingerprint density at radius 1 is 1.29 bits per heavy atom. The van der Waals surface area contributed by atoms with Crippen LogP contribution in [-0.4, -0.2) is 54.6 Å². The van der Waals surface area contributed by atoms with Gasteiger partial charge in [0.15, 0.2) is 0 Å². The smallest absolute Gasteiger partial charge is 0.227 e. The molecule has 3 fully saturated rings. The lowest BCUT2D eigenvalue weighted by Crippen LogP contribution is -2.47. The van der Waals surface area contributed by atoms with Gasteiger partial charge in [-0.2, -0.15) is 5.10 Å². The van der Waals surface area contributed by atoms with Crippen LogP contribution < -0.4 is 0 Å². The third kappa shape index (κ3) is 2.95. The zero-order valence-corrected chi connectivity index (χ0v) is 14.9. The van der Waals surface area contributed by atoms with Crippen LogP contribution in [-0.2, 0) is 24.9 Å². The van der Waals surface area contributed by atoms with E-state index in [4.69, 9.17) is 0 Å². The minimum Gasteiger partial charge on any atom is -0.332 e. The first-order valence-electron chi connectivity index (χ1n) is 8.36. The second kappa shape index (κ2) is 6.25. The van der Waals surface area contributed by atoms with Crippen LogP contribution in [0, 0.1) is 12.8 Å². The fraction of sp³-hybridized carbons (Fsp3) is 0.625. The van der Waals surface area contributed by atoms with Crippen LogP contribution in [0.2, 0.25) is 0 Å². The molecule has 5 rings (SSSR count). The summed E-state index contributed by atoms with van der Waals surface area (Å²) in [5, 5.41) is 6.36. The summed E-state index contributed by atoms with van der Waals surface area (Å²) in [5.74, 6) is 2.14. The maximum atomic E-state index is 12.8. The van der Waals surface area contributed by atoms with Crippen LogP contribution in [0.15, 0.2) is 10.9 Å². The second-order valence-electron chi connectivity index (χ2n) is 6.77. The van der Waals surface area contributed by atoms with Gasteiger partial charge in [-0.15, -0.1) is 11.3 Å². The van der Waals surface area contributed by atoms with Crippen molar-refractivity contribution in [2.45, 2.75) is 38.9 Å². The average molecular weight is 346 g/mol. The van der Waals surface area contributed by atoms with Gasteiger partial charge in [0.2, 0.25) is 5.91 Å². The number of aromatic nitrogens is 4. The van der Waals surface area contributed by atoms with Crippen LogP contribution in [0.25, 0.3) is 0 Å². The summed E-state index contributed by atoms with van der Waals surface area (Å²) < 4.78 is 1.84. The van der Waals surface area contributed by atoms with Crippen LogP contribution >= 0.6 is 11.3 Å². The third-order valence-electron chi connectivity index (χ3n) is 5.01. The van der Waals surface area contributed by atoms with Gasteiger partial charge < -0.3 is 4.90 Å². The Morgan fingerprint density at radius 3 is 2.88 bits per heavy atom. The number of hydrogen-bond donors (Lipinski definition) is 0. The molecule has 128 valence electrons. The van der Waals surface area contributed by atoms with E-state index in [0.717, 1.165) is 49.8 Å². The molecule has 0 aromatic carbocycles. The minimum atomic E-state index is 0.0942. The van der Waals surface area contributed by atoms with Crippen LogP contribution in [0.3, 0.4) is 0 Å². The number of hydrogen-bond acceptors (Lipinski definition) is 6. The number of rotatable bonds is 4. The topological polar surface area (TPSA) is 67.2 Å². The number of piperidine rings is 1. The predicted octanol–water partition coefficient (Wildman–Crippen LogP) is 1.20. The van der Waals surface area contributed by atoms with Gasteiger partial charge >= 0.3 is 0 Å². The average Bonchev–Trinajstić information content (AvgIpc) is 3.07. The molecule has 0 unspecified atom stereocenters. The highest BCUT2D eigenvalue weighted by Gasteiger charge is 2.40. The van der Waals surface area contributed by atoms with Crippen molar-refractivity contribution in [3.8, 4) is 0 Å². The predicted molar refractivity (Wildman–Crippen MR) is 90.2 cm³/mol. The van der Waals surface area contributed by atoms with E-state index in [-0.39, 0.29) is 17.9 Å². The van der Waals surface area contributed by atoms with E-state index in [2.05, 4.69) is 20.0 Å². The van der Waals surface area contributed by atoms with E-state index in [0.29, 0.717) is 6.54 Å². The number of nitrogens with zero attached hydrogens (tertiary/aromatic N) is 6. The SMILES string of the molecule is Cc1nc(CN2C[C@@H]3CC[C@H](C2)N(Cc2cscn2)C3=O)n(C)n1. The Labute approximate surface area is 145 Å². The molecule has 0 radical (unpaired) electrons. The molecule has 8 heteroatoms. The Balaban J connectivity index is 1.51. The van der Waals surface area contributed by atoms with Crippen molar-refractivity contribution in [2.75, 3.05) is 13.1 Å². The number of carbonyl (C=O) groups is 1. The van der Waals surface area contributed by atoms with Crippen LogP contribution in [0.4, 0.5) is 0 Å². The monoisotopic (exact) mass is 346 g/mol. The summed E-state index contributed by atoms with van der Waals surface area (Å²) in [6.07, 6.45) is 2.07. The van der Waals surface area contributed by atoms with Gasteiger partial charge in [-0.05, 0) is 19.8 Å². The fourth-order valence-corrected chi connectivity index (χ4v) is 4.40. The van der Waals surface area contributed by atoms with Crippen molar-refractivity contribution >= 4 is 17.2 Å². The van der Waals surface area contributed by atoms with E-state index in [1.54, 1.807) is 11.3 Å². The standard InChI is InChI=1S/C16H22N6OS/c1-11-18-15(20(2)19-11)8-21-5-12-3-4-14(7-21)22(16(12)23)6-13-9-24-10-17-13/h9-10,12,14H,3-8H2,1-2H3/t12-,14+/m0/s1. The van der Waals surface area contributed by atoms with E-state index in [9.17, 15) is 4.79 Å². The second-order valence-corrected chi connectivity index (χ2v) is 7.49. The molecule has 7 nitrogen and oxygen atoms in total. The molecular weight excluding hydrogens is 324 g/mol. The molecule has 2 aromatic rings. The molecule has 3 aliphatic rings. The van der Waals surface area contributed by atoms with E-state index in [1.165, 1.54) is 0 Å². The molecule has 1 amide bonds. The molecule has 5 heterocycles. The van der Waals surface area contributed by atoms with E-state index in [1.807, 2.05) is 34.4 Å². The Morgan fingerprint density at radius 2 is 2.17 bits per heavy atom. The van der Waals surface area contributed by atoms with Crippen molar-refractivity contribution in [2.24, 2.45) is 13.0 Å². The van der Waals surface area contributed by atoms with E-state index >= 15 is 0 Å². The number of aryl methyl sites for hydroxylation is 2. The Kier molecular flexibility index (Phi) is 4.09. The zero-order chi connectivity index (χ0) is 16.7. The first kappa shape index (κ1) is 15.7. The van der Waals surface area contributed by atoms with E-state index < -0.39 is 0 Å². The molecule has 3 aliphatic heterocycles. The van der Waals surface area contributed by atoms with Crippen LogP contribution in [0.5, 0.6) is 0 Å². The lowest BCUT2D eigenvalue weighted by Gasteiger charge is -2.35. The van der Waals surface area contributed by atoms with Crippen LogP contribution in [0.1, 0.15) is 30.2 Å². The summed E-state index contributed by atoms with van der Waals surface area (Å²) in [6.45, 7) is 5.02. The molecule has 2 bridgehead atoms. The number of amides is 1.